The maximum absolute atomic E-state index is 12.1. The Labute approximate surface area is 138 Å². The zero-order valence-electron chi connectivity index (χ0n) is 10.8. The third kappa shape index (κ3) is 4.03. The summed E-state index contributed by atoms with van der Waals surface area (Å²) in [5.41, 5.74) is 0.387. The summed E-state index contributed by atoms with van der Waals surface area (Å²) in [4.78, 5) is 26.9. The van der Waals surface area contributed by atoms with Gasteiger partial charge in [0.2, 0.25) is 0 Å². The van der Waals surface area contributed by atoms with E-state index in [1.807, 2.05) is 0 Å². The Morgan fingerprint density at radius 1 is 1.43 bits per heavy atom. The van der Waals surface area contributed by atoms with Crippen LogP contribution < -0.4 is 5.32 Å². The lowest BCUT2D eigenvalue weighted by atomic mass is 10.2. The number of thiazole rings is 1. The molecule has 0 bridgehead atoms. The second-order valence-corrected chi connectivity index (χ2v) is 6.47. The minimum Gasteiger partial charge on any atom is -0.476 e. The Morgan fingerprint density at radius 3 is 2.71 bits per heavy atom. The molecule has 2 rings (SSSR count). The fraction of sp³-hybridized carbons (Fsp3) is 0.154. The maximum atomic E-state index is 12.1. The molecule has 1 aromatic carbocycles. The second-order valence-electron chi connectivity index (χ2n) is 4.23. The number of aromatic nitrogens is 1. The first kappa shape index (κ1) is 15.9. The smallest absolute Gasteiger partial charge is 0.355 e. The quantitative estimate of drug-likeness (QED) is 0.834. The first-order chi connectivity index (χ1) is 9.86. The van der Waals surface area contributed by atoms with Crippen molar-refractivity contribution in [2.24, 2.45) is 0 Å². The number of nitrogens with zero attached hydrogens (tertiary/aromatic N) is 1. The SMILES string of the molecule is CC(NC(=O)c1cc(Cl)cc(Br)c1)c1nc(C(=O)O)cs1. The van der Waals surface area contributed by atoms with Gasteiger partial charge in [-0.05, 0) is 25.1 Å². The highest BCUT2D eigenvalue weighted by molar-refractivity contribution is 9.10. The summed E-state index contributed by atoms with van der Waals surface area (Å²) in [5.74, 6) is -1.40. The fourth-order valence-electron chi connectivity index (χ4n) is 1.61. The van der Waals surface area contributed by atoms with E-state index in [2.05, 4.69) is 26.2 Å². The van der Waals surface area contributed by atoms with Gasteiger partial charge in [-0.15, -0.1) is 11.3 Å². The summed E-state index contributed by atoms with van der Waals surface area (Å²) in [6, 6.07) is 4.49. The largest absolute Gasteiger partial charge is 0.476 e. The molecule has 1 unspecified atom stereocenters. The van der Waals surface area contributed by atoms with Crippen molar-refractivity contribution in [3.8, 4) is 0 Å². The van der Waals surface area contributed by atoms with Crippen LogP contribution in [0.1, 0.15) is 38.8 Å². The summed E-state index contributed by atoms with van der Waals surface area (Å²) in [6.07, 6.45) is 0. The number of halogens is 2. The number of rotatable bonds is 4. The van der Waals surface area contributed by atoms with Gasteiger partial charge in [0.15, 0.2) is 5.69 Å². The summed E-state index contributed by atoms with van der Waals surface area (Å²) in [6.45, 7) is 1.74. The van der Waals surface area contributed by atoms with Crippen molar-refractivity contribution < 1.29 is 14.7 Å². The van der Waals surface area contributed by atoms with E-state index >= 15 is 0 Å². The maximum Gasteiger partial charge on any atom is 0.355 e. The van der Waals surface area contributed by atoms with Crippen molar-refractivity contribution in [3.05, 3.63) is 49.3 Å². The van der Waals surface area contributed by atoms with E-state index in [4.69, 9.17) is 16.7 Å². The van der Waals surface area contributed by atoms with Gasteiger partial charge in [0.05, 0.1) is 6.04 Å². The van der Waals surface area contributed by atoms with E-state index in [0.717, 1.165) is 0 Å². The first-order valence-corrected chi connectivity index (χ1v) is 7.87. The molecule has 1 aromatic heterocycles. The number of carboxylic acid groups (broad SMARTS) is 1. The van der Waals surface area contributed by atoms with Gasteiger partial charge in [-0.3, -0.25) is 4.79 Å². The van der Waals surface area contributed by atoms with Gasteiger partial charge in [0, 0.05) is 20.4 Å². The number of benzene rings is 1. The number of carbonyl (C=O) groups is 2. The van der Waals surface area contributed by atoms with Gasteiger partial charge >= 0.3 is 5.97 Å². The zero-order valence-corrected chi connectivity index (χ0v) is 13.9. The lowest BCUT2D eigenvalue weighted by molar-refractivity contribution is 0.0691. The number of carboxylic acids is 1. The minimum atomic E-state index is -1.09. The Morgan fingerprint density at radius 2 is 2.14 bits per heavy atom. The van der Waals surface area contributed by atoms with Crippen molar-refractivity contribution in [1.82, 2.24) is 10.3 Å². The van der Waals surface area contributed by atoms with Crippen LogP contribution in [-0.2, 0) is 0 Å². The van der Waals surface area contributed by atoms with Crippen molar-refractivity contribution >= 4 is 50.7 Å². The first-order valence-electron chi connectivity index (χ1n) is 5.82. The molecule has 0 saturated heterocycles. The highest BCUT2D eigenvalue weighted by Gasteiger charge is 2.17. The molecule has 1 amide bonds. The minimum absolute atomic E-state index is 0.0263. The molecule has 0 aliphatic heterocycles. The fourth-order valence-corrected chi connectivity index (χ4v) is 3.27. The van der Waals surface area contributed by atoms with E-state index in [9.17, 15) is 9.59 Å². The van der Waals surface area contributed by atoms with Crippen LogP contribution in [0.4, 0.5) is 0 Å². The summed E-state index contributed by atoms with van der Waals surface area (Å²) in [5, 5.41) is 14.0. The lowest BCUT2D eigenvalue weighted by Crippen LogP contribution is -2.26. The van der Waals surface area contributed by atoms with Crippen LogP contribution in [0.15, 0.2) is 28.1 Å². The highest BCUT2D eigenvalue weighted by atomic mass is 79.9. The van der Waals surface area contributed by atoms with Gasteiger partial charge in [-0.25, -0.2) is 9.78 Å². The average molecular weight is 390 g/mol. The summed E-state index contributed by atoms with van der Waals surface area (Å²) < 4.78 is 0.704. The molecule has 2 N–H and O–H groups in total. The molecule has 1 heterocycles. The normalized spacial score (nSPS) is 12.0. The summed E-state index contributed by atoms with van der Waals surface area (Å²) in [7, 11) is 0. The number of nitrogens with one attached hydrogen (secondary N) is 1. The average Bonchev–Trinajstić information content (AvgIpc) is 2.87. The Balaban J connectivity index is 2.12. The van der Waals surface area contributed by atoms with Gasteiger partial charge < -0.3 is 10.4 Å². The van der Waals surface area contributed by atoms with Crippen LogP contribution >= 0.6 is 38.9 Å². The molecule has 0 radical (unpaired) electrons. The molecule has 21 heavy (non-hydrogen) atoms. The van der Waals surface area contributed by atoms with Gasteiger partial charge in [-0.2, -0.15) is 0 Å². The monoisotopic (exact) mass is 388 g/mol. The van der Waals surface area contributed by atoms with Crippen molar-refractivity contribution in [2.45, 2.75) is 13.0 Å². The van der Waals surface area contributed by atoms with E-state index in [1.54, 1.807) is 25.1 Å². The standard InChI is InChI=1S/C13H10BrClN2O3S/c1-6(12-17-10(5-21-12)13(19)20)16-11(18)7-2-8(14)4-9(15)3-7/h2-6H,1H3,(H,16,18)(H,19,20). The van der Waals surface area contributed by atoms with Crippen LogP contribution in [0.3, 0.4) is 0 Å². The Hall–Kier alpha value is -1.44. The number of hydrogen-bond donors (Lipinski definition) is 2. The molecule has 0 aliphatic carbocycles. The highest BCUT2D eigenvalue weighted by Crippen LogP contribution is 2.22. The number of aromatic carboxylic acids is 1. The zero-order chi connectivity index (χ0) is 15.6. The molecule has 0 aliphatic rings. The van der Waals surface area contributed by atoms with Crippen molar-refractivity contribution in [1.29, 1.82) is 0 Å². The molecule has 0 fully saturated rings. The summed E-state index contributed by atoms with van der Waals surface area (Å²) >= 11 is 10.4. The van der Waals surface area contributed by atoms with Crippen molar-refractivity contribution in [2.75, 3.05) is 0 Å². The molecule has 2 aromatic rings. The van der Waals surface area contributed by atoms with Crippen LogP contribution in [0.2, 0.25) is 5.02 Å². The van der Waals surface area contributed by atoms with Crippen LogP contribution in [0.25, 0.3) is 0 Å². The predicted octanol–water partition coefficient (Wildman–Crippen LogP) is 3.75. The van der Waals surface area contributed by atoms with Crippen molar-refractivity contribution in [3.63, 3.8) is 0 Å². The van der Waals surface area contributed by atoms with Crippen LogP contribution in [-0.4, -0.2) is 22.0 Å². The third-order valence-corrected chi connectivity index (χ3v) is 4.29. The van der Waals surface area contributed by atoms with Gasteiger partial charge in [0.25, 0.3) is 5.91 Å². The molecule has 0 saturated carbocycles. The van der Waals surface area contributed by atoms with Gasteiger partial charge in [0.1, 0.15) is 5.01 Å². The Kier molecular flexibility index (Phi) is 4.97. The topological polar surface area (TPSA) is 79.3 Å². The molecule has 1 atom stereocenters. The second kappa shape index (κ2) is 6.55. The number of carbonyl (C=O) groups excluding carboxylic acids is 1. The molecule has 0 spiro atoms. The van der Waals surface area contributed by atoms with Crippen LogP contribution in [0, 0.1) is 0 Å². The number of hydrogen-bond acceptors (Lipinski definition) is 4. The molecular weight excluding hydrogens is 380 g/mol. The Bertz CT molecular complexity index is 684. The third-order valence-electron chi connectivity index (χ3n) is 2.58. The molecule has 5 nitrogen and oxygen atoms in total. The van der Waals surface area contributed by atoms with Crippen LogP contribution in [0.5, 0.6) is 0 Å². The van der Waals surface area contributed by atoms with E-state index in [0.29, 0.717) is 20.1 Å². The lowest BCUT2D eigenvalue weighted by Gasteiger charge is -2.11. The number of amides is 1. The molecule has 110 valence electrons. The van der Waals surface area contributed by atoms with E-state index in [1.165, 1.54) is 16.7 Å². The molecular formula is C13H10BrClN2O3S. The van der Waals surface area contributed by atoms with E-state index in [-0.39, 0.29) is 11.6 Å². The van der Waals surface area contributed by atoms with E-state index < -0.39 is 12.0 Å². The van der Waals surface area contributed by atoms with Gasteiger partial charge in [-0.1, -0.05) is 27.5 Å². The molecule has 8 heteroatoms. The predicted molar refractivity (Wildman–Crippen MR) is 84.1 cm³/mol.